The van der Waals surface area contributed by atoms with Crippen molar-refractivity contribution in [2.24, 2.45) is 0 Å². The van der Waals surface area contributed by atoms with Crippen LogP contribution in [-0.4, -0.2) is 45.3 Å². The van der Waals surface area contributed by atoms with E-state index in [1.165, 1.54) is 25.7 Å². The predicted octanol–water partition coefficient (Wildman–Crippen LogP) is 1.68. The van der Waals surface area contributed by atoms with Gasteiger partial charge in [-0.2, -0.15) is 0 Å². The van der Waals surface area contributed by atoms with Gasteiger partial charge in [0.15, 0.2) is 0 Å². The number of unbranched alkanes of at least 4 members (excludes halogenated alkanes) is 6. The fraction of sp³-hybridized carbons (Fsp3) is 0.917. The third-order valence-electron chi connectivity index (χ3n) is 2.86. The van der Waals surface area contributed by atoms with Gasteiger partial charge in [-0.05, 0) is 6.42 Å². The summed E-state index contributed by atoms with van der Waals surface area (Å²) < 4.78 is 10.5. The molecular weight excluding hydrogens is 283 g/mol. The van der Waals surface area contributed by atoms with Crippen LogP contribution < -0.4 is 5.32 Å². The second-order valence-electron chi connectivity index (χ2n) is 4.89. The summed E-state index contributed by atoms with van der Waals surface area (Å²) in [5.74, 6) is -0.579. The van der Waals surface area contributed by atoms with Gasteiger partial charge >= 0.3 is 7.60 Å². The van der Waals surface area contributed by atoms with Crippen molar-refractivity contribution in [1.82, 2.24) is 10.4 Å². The second kappa shape index (κ2) is 11.2. The molecule has 0 fully saturated rings. The smallest absolute Gasteiger partial charge is 0.324 e. The monoisotopic (exact) mass is 310 g/mol. The van der Waals surface area contributed by atoms with Crippen LogP contribution in [0, 0.1) is 0 Å². The van der Waals surface area contributed by atoms with Gasteiger partial charge in [0.05, 0.1) is 12.8 Å². The van der Waals surface area contributed by atoms with Crippen LogP contribution in [0.3, 0.4) is 0 Å². The number of rotatable bonds is 12. The summed E-state index contributed by atoms with van der Waals surface area (Å²) in [6.07, 6.45) is 7.08. The Morgan fingerprint density at radius 2 is 1.65 bits per heavy atom. The molecule has 0 rings (SSSR count). The Hall–Kier alpha value is -0.460. The maximum atomic E-state index is 11.4. The topological polar surface area (TPSA) is 110 Å². The van der Waals surface area contributed by atoms with Crippen LogP contribution in [0.2, 0.25) is 0 Å². The largest absolute Gasteiger partial charge is 0.339 e. The number of amides is 1. The molecule has 0 aromatic heterocycles. The van der Waals surface area contributed by atoms with E-state index in [4.69, 9.17) is 9.79 Å². The lowest BCUT2D eigenvalue weighted by atomic mass is 10.1. The van der Waals surface area contributed by atoms with Gasteiger partial charge in [-0.25, -0.2) is 5.06 Å². The van der Waals surface area contributed by atoms with Gasteiger partial charge in [-0.3, -0.25) is 19.9 Å². The molecule has 0 heterocycles. The number of nitrogens with zero attached hydrogens (tertiary/aromatic N) is 1. The first-order chi connectivity index (χ1) is 9.37. The Bertz CT molecular complexity index is 308. The average molecular weight is 310 g/mol. The van der Waals surface area contributed by atoms with Gasteiger partial charge in [-0.15, -0.1) is 0 Å². The maximum Gasteiger partial charge on any atom is 0.339 e. The number of carbonyl (C=O) groups excluding carboxylic acids is 1. The lowest BCUT2D eigenvalue weighted by Crippen LogP contribution is -2.36. The van der Waals surface area contributed by atoms with Crippen LogP contribution in [0.1, 0.15) is 51.9 Å². The highest BCUT2D eigenvalue weighted by molar-refractivity contribution is 7.51. The first kappa shape index (κ1) is 19.5. The van der Waals surface area contributed by atoms with E-state index < -0.39 is 19.8 Å². The van der Waals surface area contributed by atoms with Crippen LogP contribution in [0.4, 0.5) is 0 Å². The molecule has 0 saturated carbocycles. The second-order valence-corrected chi connectivity index (χ2v) is 6.53. The van der Waals surface area contributed by atoms with Crippen molar-refractivity contribution in [3.63, 3.8) is 0 Å². The van der Waals surface area contributed by atoms with Gasteiger partial charge in [-0.1, -0.05) is 45.4 Å². The van der Waals surface area contributed by atoms with Crippen molar-refractivity contribution >= 4 is 13.5 Å². The van der Waals surface area contributed by atoms with Crippen LogP contribution in [0.15, 0.2) is 0 Å². The number of hydroxylamine groups is 2. The maximum absolute atomic E-state index is 11.4. The number of hydrogen-bond donors (Lipinski definition) is 4. The highest BCUT2D eigenvalue weighted by Gasteiger charge is 2.15. The molecule has 120 valence electrons. The molecule has 0 spiro atoms. The molecule has 0 aromatic rings. The molecule has 0 saturated heterocycles. The van der Waals surface area contributed by atoms with Crippen molar-refractivity contribution in [3.8, 4) is 0 Å². The molecule has 0 aliphatic carbocycles. The standard InChI is InChI=1S/C12H27N2O5P/c1-2-3-4-5-6-7-8-9-14(16)12(15)10-13-11-20(17,18)19/h13,16H,2-11H2,1H3,(H2,17,18,19). The minimum absolute atomic E-state index is 0.254. The molecule has 0 aliphatic rings. The van der Waals surface area contributed by atoms with Crippen LogP contribution >= 0.6 is 7.60 Å². The number of carbonyl (C=O) groups is 1. The Labute approximate surface area is 120 Å². The average Bonchev–Trinajstić information content (AvgIpc) is 2.35. The fourth-order valence-electron chi connectivity index (χ4n) is 1.74. The minimum atomic E-state index is -4.16. The van der Waals surface area contributed by atoms with Gasteiger partial charge in [0, 0.05) is 6.54 Å². The third-order valence-corrected chi connectivity index (χ3v) is 3.49. The first-order valence-electron chi connectivity index (χ1n) is 7.11. The Morgan fingerprint density at radius 3 is 2.20 bits per heavy atom. The molecule has 0 aliphatic heterocycles. The van der Waals surface area contributed by atoms with Crippen molar-refractivity contribution < 1.29 is 24.4 Å². The van der Waals surface area contributed by atoms with Crippen molar-refractivity contribution in [2.45, 2.75) is 51.9 Å². The molecule has 0 bridgehead atoms. The van der Waals surface area contributed by atoms with E-state index in [9.17, 15) is 14.6 Å². The van der Waals surface area contributed by atoms with Crippen LogP contribution in [0.25, 0.3) is 0 Å². The molecule has 4 N–H and O–H groups in total. The summed E-state index contributed by atoms with van der Waals surface area (Å²) in [7, 11) is -4.16. The lowest BCUT2D eigenvalue weighted by Gasteiger charge is -2.15. The van der Waals surface area contributed by atoms with E-state index in [1.54, 1.807) is 0 Å². The summed E-state index contributed by atoms with van der Waals surface area (Å²) in [6, 6.07) is 0. The summed E-state index contributed by atoms with van der Waals surface area (Å²) in [4.78, 5) is 28.6. The molecule has 20 heavy (non-hydrogen) atoms. The summed E-state index contributed by atoms with van der Waals surface area (Å²) in [5.41, 5.74) is 0. The predicted molar refractivity (Wildman–Crippen MR) is 76.4 cm³/mol. The van der Waals surface area contributed by atoms with Gasteiger partial charge < -0.3 is 9.79 Å². The fourth-order valence-corrected chi connectivity index (χ4v) is 2.15. The van der Waals surface area contributed by atoms with E-state index >= 15 is 0 Å². The normalized spacial score (nSPS) is 11.6. The minimum Gasteiger partial charge on any atom is -0.324 e. The van der Waals surface area contributed by atoms with Crippen LogP contribution in [-0.2, 0) is 9.36 Å². The molecule has 8 heteroatoms. The zero-order valence-electron chi connectivity index (χ0n) is 12.1. The van der Waals surface area contributed by atoms with Crippen molar-refractivity contribution in [2.75, 3.05) is 19.4 Å². The van der Waals surface area contributed by atoms with Gasteiger partial charge in [0.1, 0.15) is 0 Å². The molecule has 7 nitrogen and oxygen atoms in total. The lowest BCUT2D eigenvalue weighted by molar-refractivity contribution is -0.164. The van der Waals surface area contributed by atoms with E-state index in [0.717, 1.165) is 19.3 Å². The highest BCUT2D eigenvalue weighted by Crippen LogP contribution is 2.31. The molecular formula is C12H27N2O5P. The van der Waals surface area contributed by atoms with E-state index in [1.807, 2.05) is 0 Å². The zero-order chi connectivity index (χ0) is 15.4. The van der Waals surface area contributed by atoms with Crippen molar-refractivity contribution in [3.05, 3.63) is 0 Å². The Kier molecular flexibility index (Phi) is 11.0. The number of hydrogen-bond acceptors (Lipinski definition) is 4. The van der Waals surface area contributed by atoms with Crippen molar-refractivity contribution in [1.29, 1.82) is 0 Å². The number of nitrogens with one attached hydrogen (secondary N) is 1. The first-order valence-corrected chi connectivity index (χ1v) is 8.91. The quantitative estimate of drug-likeness (QED) is 0.189. The van der Waals surface area contributed by atoms with E-state index in [-0.39, 0.29) is 13.1 Å². The Balaban J connectivity index is 3.53. The zero-order valence-corrected chi connectivity index (χ0v) is 13.0. The van der Waals surface area contributed by atoms with E-state index in [0.29, 0.717) is 5.06 Å². The molecule has 0 atom stereocenters. The molecule has 0 unspecified atom stereocenters. The summed E-state index contributed by atoms with van der Waals surface area (Å²) in [6.45, 7) is 2.14. The highest BCUT2D eigenvalue weighted by atomic mass is 31.2. The molecule has 0 aromatic carbocycles. The molecule has 0 radical (unpaired) electrons. The Morgan fingerprint density at radius 1 is 1.10 bits per heavy atom. The van der Waals surface area contributed by atoms with Gasteiger partial charge in [0.25, 0.3) is 5.91 Å². The third kappa shape index (κ3) is 12.6. The van der Waals surface area contributed by atoms with E-state index in [2.05, 4.69) is 12.2 Å². The summed E-state index contributed by atoms with van der Waals surface area (Å²) in [5, 5.41) is 12.4. The SMILES string of the molecule is CCCCCCCCCN(O)C(=O)CNCP(=O)(O)O. The van der Waals surface area contributed by atoms with Gasteiger partial charge in [0.2, 0.25) is 0 Å². The molecule has 1 amide bonds. The van der Waals surface area contributed by atoms with Crippen LogP contribution in [0.5, 0.6) is 0 Å². The summed E-state index contributed by atoms with van der Waals surface area (Å²) >= 11 is 0.